The highest BCUT2D eigenvalue weighted by molar-refractivity contribution is 7.94. The van der Waals surface area contributed by atoms with Crippen molar-refractivity contribution in [2.45, 2.75) is 37.5 Å². The normalized spacial score (nSPS) is 17.2. The number of alkyl halides is 1. The van der Waals surface area contributed by atoms with Crippen LogP contribution in [0.5, 0.6) is 0 Å². The lowest BCUT2D eigenvalue weighted by Crippen LogP contribution is -2.40. The third-order valence-corrected chi connectivity index (χ3v) is 6.76. The molecule has 0 amide bonds. The van der Waals surface area contributed by atoms with E-state index in [-0.39, 0.29) is 12.2 Å². The number of aliphatic hydroxyl groups excluding tert-OH is 1. The van der Waals surface area contributed by atoms with Crippen molar-refractivity contribution in [1.29, 1.82) is 0 Å². The standard InChI is InChI=1S/C13H19ClO3S/c1-4-13(14,18(16,17)5-2)12(15)11-9-7-6-8-10(11)3/h6-9,12,15H,4-5H2,1-3H3/t12-,13+/m1/s1. The van der Waals surface area contributed by atoms with Crippen molar-refractivity contribution >= 4 is 21.4 Å². The Hall–Kier alpha value is -0.580. The molecular weight excluding hydrogens is 272 g/mol. The molecule has 1 aromatic carbocycles. The zero-order valence-corrected chi connectivity index (χ0v) is 12.4. The van der Waals surface area contributed by atoms with Crippen LogP contribution in [0.25, 0.3) is 0 Å². The van der Waals surface area contributed by atoms with E-state index >= 15 is 0 Å². The van der Waals surface area contributed by atoms with E-state index in [9.17, 15) is 13.5 Å². The second-order valence-electron chi connectivity index (χ2n) is 4.30. The third kappa shape index (κ3) is 2.56. The summed E-state index contributed by atoms with van der Waals surface area (Å²) in [6.45, 7) is 5.03. The van der Waals surface area contributed by atoms with E-state index in [1.807, 2.05) is 19.1 Å². The van der Waals surface area contributed by atoms with E-state index in [1.54, 1.807) is 19.1 Å². The van der Waals surface area contributed by atoms with Gasteiger partial charge >= 0.3 is 0 Å². The maximum atomic E-state index is 12.1. The van der Waals surface area contributed by atoms with Crippen LogP contribution >= 0.6 is 11.6 Å². The lowest BCUT2D eigenvalue weighted by atomic mass is 9.99. The Kier molecular flexibility index (Phi) is 4.81. The molecule has 102 valence electrons. The van der Waals surface area contributed by atoms with Crippen LogP contribution in [0.2, 0.25) is 0 Å². The van der Waals surface area contributed by atoms with Gasteiger partial charge in [-0.3, -0.25) is 0 Å². The van der Waals surface area contributed by atoms with Crippen molar-refractivity contribution in [3.05, 3.63) is 35.4 Å². The van der Waals surface area contributed by atoms with E-state index in [2.05, 4.69) is 0 Å². The summed E-state index contributed by atoms with van der Waals surface area (Å²) in [5.74, 6) is -0.0900. The molecule has 0 radical (unpaired) electrons. The smallest absolute Gasteiger partial charge is 0.175 e. The highest BCUT2D eigenvalue weighted by Gasteiger charge is 2.46. The van der Waals surface area contributed by atoms with Gasteiger partial charge in [-0.05, 0) is 24.5 Å². The number of hydrogen-bond donors (Lipinski definition) is 1. The molecule has 1 aromatic rings. The Morgan fingerprint density at radius 2 is 1.89 bits per heavy atom. The number of benzene rings is 1. The Morgan fingerprint density at radius 1 is 1.33 bits per heavy atom. The van der Waals surface area contributed by atoms with Crippen LogP contribution in [0, 0.1) is 6.92 Å². The summed E-state index contributed by atoms with van der Waals surface area (Å²) in [4.78, 5) is 0. The first-order valence-electron chi connectivity index (χ1n) is 5.95. The first-order chi connectivity index (χ1) is 8.30. The molecule has 0 aromatic heterocycles. The summed E-state index contributed by atoms with van der Waals surface area (Å²) in [6, 6.07) is 7.13. The Morgan fingerprint density at radius 3 is 2.33 bits per heavy atom. The van der Waals surface area contributed by atoms with Gasteiger partial charge in [0.1, 0.15) is 6.10 Å². The van der Waals surface area contributed by atoms with Gasteiger partial charge in [0.15, 0.2) is 14.0 Å². The molecule has 0 fully saturated rings. The van der Waals surface area contributed by atoms with Crippen molar-refractivity contribution < 1.29 is 13.5 Å². The molecule has 1 rings (SSSR count). The third-order valence-electron chi connectivity index (χ3n) is 3.27. The first kappa shape index (κ1) is 15.5. The van der Waals surface area contributed by atoms with Gasteiger partial charge in [0.2, 0.25) is 0 Å². The molecular formula is C13H19ClO3S. The number of rotatable bonds is 5. The van der Waals surface area contributed by atoms with E-state index in [1.165, 1.54) is 6.92 Å². The maximum absolute atomic E-state index is 12.1. The molecule has 0 aliphatic rings. The van der Waals surface area contributed by atoms with Gasteiger partial charge in [-0.15, -0.1) is 0 Å². The van der Waals surface area contributed by atoms with Crippen molar-refractivity contribution in [3.63, 3.8) is 0 Å². The van der Waals surface area contributed by atoms with Gasteiger partial charge in [0, 0.05) is 5.75 Å². The summed E-state index contributed by atoms with van der Waals surface area (Å²) >= 11 is 6.23. The van der Waals surface area contributed by atoms with Crippen molar-refractivity contribution in [1.82, 2.24) is 0 Å². The highest BCUT2D eigenvalue weighted by Crippen LogP contribution is 2.41. The van der Waals surface area contributed by atoms with Crippen LogP contribution < -0.4 is 0 Å². The van der Waals surface area contributed by atoms with E-state index in [0.717, 1.165) is 5.56 Å². The minimum Gasteiger partial charge on any atom is -0.385 e. The minimum atomic E-state index is -3.56. The summed E-state index contributed by atoms with van der Waals surface area (Å²) in [5.41, 5.74) is 1.39. The number of sulfone groups is 1. The maximum Gasteiger partial charge on any atom is 0.175 e. The highest BCUT2D eigenvalue weighted by atomic mass is 35.5. The molecule has 18 heavy (non-hydrogen) atoms. The molecule has 0 saturated heterocycles. The fourth-order valence-electron chi connectivity index (χ4n) is 1.95. The average Bonchev–Trinajstić information content (AvgIpc) is 2.37. The molecule has 0 aliphatic heterocycles. The molecule has 0 aliphatic carbocycles. The second-order valence-corrected chi connectivity index (χ2v) is 7.74. The van der Waals surface area contributed by atoms with Crippen LogP contribution in [-0.2, 0) is 9.84 Å². The summed E-state index contributed by atoms with van der Waals surface area (Å²) in [7, 11) is -3.56. The van der Waals surface area contributed by atoms with Gasteiger partial charge in [-0.25, -0.2) is 8.42 Å². The largest absolute Gasteiger partial charge is 0.385 e. The number of hydrogen-bond acceptors (Lipinski definition) is 3. The van der Waals surface area contributed by atoms with Gasteiger partial charge in [0.25, 0.3) is 0 Å². The fraction of sp³-hybridized carbons (Fsp3) is 0.538. The van der Waals surface area contributed by atoms with Crippen LogP contribution in [0.1, 0.15) is 37.5 Å². The molecule has 0 heterocycles. The Bertz CT molecular complexity index is 513. The lowest BCUT2D eigenvalue weighted by molar-refractivity contribution is 0.154. The Labute approximate surface area is 114 Å². The number of aliphatic hydroxyl groups is 1. The fourth-order valence-corrected chi connectivity index (χ4v) is 3.78. The molecule has 0 unspecified atom stereocenters. The lowest BCUT2D eigenvalue weighted by Gasteiger charge is -2.31. The average molecular weight is 291 g/mol. The van der Waals surface area contributed by atoms with E-state index < -0.39 is 20.1 Å². The van der Waals surface area contributed by atoms with Gasteiger partial charge in [-0.2, -0.15) is 0 Å². The van der Waals surface area contributed by atoms with E-state index in [4.69, 9.17) is 11.6 Å². The summed E-state index contributed by atoms with van der Waals surface area (Å²) in [6.07, 6.45) is -1.07. The molecule has 0 saturated carbocycles. The molecule has 0 bridgehead atoms. The van der Waals surface area contributed by atoms with Crippen LogP contribution in [0.3, 0.4) is 0 Å². The van der Waals surface area contributed by atoms with Gasteiger partial charge in [0.05, 0.1) is 0 Å². The Balaban J connectivity index is 3.31. The molecule has 5 heteroatoms. The first-order valence-corrected chi connectivity index (χ1v) is 7.98. The topological polar surface area (TPSA) is 54.4 Å². The summed E-state index contributed by atoms with van der Waals surface area (Å²) < 4.78 is 22.5. The monoisotopic (exact) mass is 290 g/mol. The van der Waals surface area contributed by atoms with Crippen molar-refractivity contribution in [2.24, 2.45) is 0 Å². The molecule has 1 N–H and O–H groups in total. The minimum absolute atomic E-state index is 0.0900. The zero-order chi connectivity index (χ0) is 14.0. The predicted octanol–water partition coefficient (Wildman–Crippen LogP) is 2.81. The number of aryl methyl sites for hydroxylation is 1. The van der Waals surface area contributed by atoms with Gasteiger partial charge < -0.3 is 5.11 Å². The van der Waals surface area contributed by atoms with Gasteiger partial charge in [-0.1, -0.05) is 49.7 Å². The number of halogens is 1. The predicted molar refractivity (Wildman–Crippen MR) is 74.5 cm³/mol. The SMILES string of the molecule is CC[C@@](Cl)([C@H](O)c1ccccc1C)S(=O)(=O)CC. The second kappa shape index (κ2) is 5.59. The zero-order valence-electron chi connectivity index (χ0n) is 10.9. The molecule has 2 atom stereocenters. The molecule has 3 nitrogen and oxygen atoms in total. The van der Waals surface area contributed by atoms with E-state index in [0.29, 0.717) is 5.56 Å². The quantitative estimate of drug-likeness (QED) is 0.849. The van der Waals surface area contributed by atoms with Crippen LogP contribution in [0.15, 0.2) is 24.3 Å². The van der Waals surface area contributed by atoms with Crippen molar-refractivity contribution in [3.8, 4) is 0 Å². The van der Waals surface area contributed by atoms with Crippen molar-refractivity contribution in [2.75, 3.05) is 5.75 Å². The van der Waals surface area contributed by atoms with Crippen LogP contribution in [0.4, 0.5) is 0 Å². The van der Waals surface area contributed by atoms with Crippen LogP contribution in [-0.4, -0.2) is 23.5 Å². The summed E-state index contributed by atoms with van der Waals surface area (Å²) in [5, 5.41) is 10.4. The molecule has 0 spiro atoms.